The summed E-state index contributed by atoms with van der Waals surface area (Å²) >= 11 is 6.55. The molecule has 1 aliphatic rings. The predicted molar refractivity (Wildman–Crippen MR) is 121 cm³/mol. The topological polar surface area (TPSA) is 75.9 Å². The van der Waals surface area contributed by atoms with Crippen LogP contribution in [-0.2, 0) is 9.53 Å². The largest absolute Gasteiger partial charge is 0.382 e. The van der Waals surface area contributed by atoms with Gasteiger partial charge in [0.05, 0.1) is 10.5 Å². The van der Waals surface area contributed by atoms with E-state index in [9.17, 15) is 9.59 Å². The van der Waals surface area contributed by atoms with Crippen LogP contribution >= 0.6 is 24.0 Å². The molecule has 152 valence electrons. The van der Waals surface area contributed by atoms with Crippen LogP contribution in [0.3, 0.4) is 0 Å². The summed E-state index contributed by atoms with van der Waals surface area (Å²) < 4.78 is 7.26. The molecule has 0 radical (unpaired) electrons. The van der Waals surface area contributed by atoms with Crippen molar-refractivity contribution in [2.75, 3.05) is 31.6 Å². The van der Waals surface area contributed by atoms with Crippen molar-refractivity contribution in [3.63, 3.8) is 0 Å². The Balaban J connectivity index is 1.95. The van der Waals surface area contributed by atoms with E-state index in [4.69, 9.17) is 17.0 Å². The molecule has 1 aliphatic heterocycles. The molecule has 0 aromatic carbocycles. The maximum Gasteiger partial charge on any atom is 0.267 e. The molecule has 9 heteroatoms. The zero-order valence-electron chi connectivity index (χ0n) is 16.1. The third-order valence-electron chi connectivity index (χ3n) is 4.21. The zero-order valence-corrected chi connectivity index (χ0v) is 17.7. The van der Waals surface area contributed by atoms with Crippen LogP contribution in [0.4, 0.5) is 5.82 Å². The molecule has 1 N–H and O–H groups in total. The van der Waals surface area contributed by atoms with Crippen LogP contribution in [0.2, 0.25) is 0 Å². The molecule has 0 bridgehead atoms. The number of carbonyl (C=O) groups excluding carboxylic acids is 1. The van der Waals surface area contributed by atoms with Crippen LogP contribution in [0.1, 0.15) is 18.9 Å². The average Bonchev–Trinajstić information content (AvgIpc) is 2.99. The first-order valence-corrected chi connectivity index (χ1v) is 10.5. The van der Waals surface area contributed by atoms with E-state index in [-0.39, 0.29) is 11.5 Å². The van der Waals surface area contributed by atoms with Crippen molar-refractivity contribution < 1.29 is 9.53 Å². The second-order valence-corrected chi connectivity index (χ2v) is 7.84. The maximum absolute atomic E-state index is 13.0. The minimum absolute atomic E-state index is 0.205. The lowest BCUT2D eigenvalue weighted by atomic mass is 10.2. The standard InChI is InChI=1S/C20H22N4O3S2/c1-3-9-21-17-14(18(25)23-10-6-5-8-16(23)22-17)13-15-19(26)24(20(28)29-15)11-7-12-27-4-2/h3,5-6,8,10,13,21H,1,4,7,9,11-12H2,2H3. The lowest BCUT2D eigenvalue weighted by Gasteiger charge is -2.14. The van der Waals surface area contributed by atoms with Crippen LogP contribution in [0.25, 0.3) is 11.7 Å². The molecule has 2 aromatic heterocycles. The van der Waals surface area contributed by atoms with E-state index < -0.39 is 0 Å². The van der Waals surface area contributed by atoms with Crippen LogP contribution < -0.4 is 10.9 Å². The molecule has 1 amide bonds. The summed E-state index contributed by atoms with van der Waals surface area (Å²) in [5.41, 5.74) is 0.568. The summed E-state index contributed by atoms with van der Waals surface area (Å²) in [4.78, 5) is 32.3. The zero-order chi connectivity index (χ0) is 20.8. The maximum atomic E-state index is 13.0. The summed E-state index contributed by atoms with van der Waals surface area (Å²) in [6.07, 6.45) is 5.59. The van der Waals surface area contributed by atoms with Gasteiger partial charge in [-0.1, -0.05) is 36.1 Å². The number of anilines is 1. The Labute approximate surface area is 178 Å². The Morgan fingerprint density at radius 1 is 1.38 bits per heavy atom. The van der Waals surface area contributed by atoms with Crippen molar-refractivity contribution >= 4 is 51.7 Å². The second-order valence-electron chi connectivity index (χ2n) is 6.16. The number of ether oxygens (including phenoxy) is 1. The van der Waals surface area contributed by atoms with E-state index in [0.29, 0.717) is 59.0 Å². The Hall–Kier alpha value is -2.49. The number of nitrogens with one attached hydrogen (secondary N) is 1. The molecule has 0 atom stereocenters. The van der Waals surface area contributed by atoms with Gasteiger partial charge in [0.1, 0.15) is 15.8 Å². The summed E-state index contributed by atoms with van der Waals surface area (Å²) in [6, 6.07) is 5.32. The molecule has 3 rings (SSSR count). The molecule has 1 fully saturated rings. The first kappa shape index (κ1) is 21.2. The highest BCUT2D eigenvalue weighted by atomic mass is 32.2. The molecule has 0 aliphatic carbocycles. The third-order valence-corrected chi connectivity index (χ3v) is 5.58. The highest BCUT2D eigenvalue weighted by molar-refractivity contribution is 8.26. The molecule has 1 saturated heterocycles. The van der Waals surface area contributed by atoms with Gasteiger partial charge >= 0.3 is 0 Å². The summed E-state index contributed by atoms with van der Waals surface area (Å²) in [5.74, 6) is 0.200. The normalized spacial score (nSPS) is 15.5. The Morgan fingerprint density at radius 3 is 2.97 bits per heavy atom. The van der Waals surface area contributed by atoms with Crippen LogP contribution in [0.15, 0.2) is 46.8 Å². The number of aromatic nitrogens is 2. The minimum atomic E-state index is -0.260. The van der Waals surface area contributed by atoms with Gasteiger partial charge in [-0.3, -0.25) is 18.9 Å². The highest BCUT2D eigenvalue weighted by Gasteiger charge is 2.32. The lowest BCUT2D eigenvalue weighted by molar-refractivity contribution is -0.122. The predicted octanol–water partition coefficient (Wildman–Crippen LogP) is 2.92. The highest BCUT2D eigenvalue weighted by Crippen LogP contribution is 2.33. The monoisotopic (exact) mass is 430 g/mol. The fraction of sp³-hybridized carbons (Fsp3) is 0.300. The SMILES string of the molecule is C=CCNc1nc2ccccn2c(=O)c1C=C1SC(=S)N(CCCOCC)C1=O. The van der Waals surface area contributed by atoms with Gasteiger partial charge in [-0.25, -0.2) is 4.98 Å². The van der Waals surface area contributed by atoms with Crippen molar-refractivity contribution in [1.82, 2.24) is 14.3 Å². The molecular weight excluding hydrogens is 408 g/mol. The smallest absolute Gasteiger partial charge is 0.267 e. The van der Waals surface area contributed by atoms with Crippen molar-refractivity contribution in [2.24, 2.45) is 0 Å². The molecule has 7 nitrogen and oxygen atoms in total. The van der Waals surface area contributed by atoms with E-state index in [1.165, 1.54) is 16.2 Å². The van der Waals surface area contributed by atoms with E-state index in [2.05, 4.69) is 16.9 Å². The first-order valence-electron chi connectivity index (χ1n) is 9.26. The summed E-state index contributed by atoms with van der Waals surface area (Å²) in [6.45, 7) is 7.74. The number of pyridine rings is 1. The number of thiocarbonyl (C=S) groups is 1. The van der Waals surface area contributed by atoms with Crippen LogP contribution in [0, 0.1) is 0 Å². The number of hydrogen-bond acceptors (Lipinski definition) is 7. The number of amides is 1. The number of thioether (sulfide) groups is 1. The van der Waals surface area contributed by atoms with Gasteiger partial charge in [0.25, 0.3) is 11.5 Å². The van der Waals surface area contributed by atoms with Crippen molar-refractivity contribution in [3.8, 4) is 0 Å². The quantitative estimate of drug-likeness (QED) is 0.284. The fourth-order valence-corrected chi connectivity index (χ4v) is 4.12. The Kier molecular flexibility index (Phi) is 7.18. The molecule has 0 saturated carbocycles. The van der Waals surface area contributed by atoms with E-state index in [0.717, 1.165) is 0 Å². The molecule has 0 spiro atoms. The van der Waals surface area contributed by atoms with Gasteiger partial charge in [-0.2, -0.15) is 0 Å². The summed E-state index contributed by atoms with van der Waals surface area (Å²) in [5, 5.41) is 3.08. The average molecular weight is 431 g/mol. The van der Waals surface area contributed by atoms with Gasteiger partial charge in [-0.05, 0) is 31.6 Å². The Bertz CT molecular complexity index is 1030. The molecule has 0 unspecified atom stereocenters. The molecule has 2 aromatic rings. The van der Waals surface area contributed by atoms with Crippen molar-refractivity contribution in [2.45, 2.75) is 13.3 Å². The Morgan fingerprint density at radius 2 is 2.21 bits per heavy atom. The second kappa shape index (κ2) is 9.82. The van der Waals surface area contributed by atoms with Crippen LogP contribution in [-0.4, -0.2) is 50.8 Å². The number of rotatable bonds is 9. The van der Waals surface area contributed by atoms with Gasteiger partial charge in [-0.15, -0.1) is 6.58 Å². The third kappa shape index (κ3) is 4.75. The fourth-order valence-electron chi connectivity index (χ4n) is 2.83. The number of hydrogen-bond donors (Lipinski definition) is 1. The summed E-state index contributed by atoms with van der Waals surface area (Å²) in [7, 11) is 0. The molecule has 3 heterocycles. The minimum Gasteiger partial charge on any atom is -0.382 e. The number of carbonyl (C=O) groups is 1. The van der Waals surface area contributed by atoms with Gasteiger partial charge < -0.3 is 10.1 Å². The molecular formula is C20H22N4O3S2. The number of fused-ring (bicyclic) bond motifs is 1. The number of nitrogens with zero attached hydrogens (tertiary/aromatic N) is 3. The van der Waals surface area contributed by atoms with E-state index in [1.54, 1.807) is 35.4 Å². The van der Waals surface area contributed by atoms with E-state index in [1.807, 2.05) is 13.0 Å². The van der Waals surface area contributed by atoms with Crippen molar-refractivity contribution in [3.05, 3.63) is 57.9 Å². The van der Waals surface area contributed by atoms with E-state index >= 15 is 0 Å². The molecule has 29 heavy (non-hydrogen) atoms. The van der Waals surface area contributed by atoms with Gasteiger partial charge in [0.15, 0.2) is 0 Å². The lowest BCUT2D eigenvalue weighted by Crippen LogP contribution is -2.29. The van der Waals surface area contributed by atoms with Gasteiger partial charge in [0, 0.05) is 32.5 Å². The van der Waals surface area contributed by atoms with Gasteiger partial charge in [0.2, 0.25) is 0 Å². The first-order chi connectivity index (χ1) is 14.1. The van der Waals surface area contributed by atoms with Crippen LogP contribution in [0.5, 0.6) is 0 Å². The van der Waals surface area contributed by atoms with Crippen molar-refractivity contribution in [1.29, 1.82) is 0 Å².